The van der Waals surface area contributed by atoms with Gasteiger partial charge in [-0.25, -0.2) is 0 Å². The summed E-state index contributed by atoms with van der Waals surface area (Å²) >= 11 is 0. The summed E-state index contributed by atoms with van der Waals surface area (Å²) in [5.74, 6) is 0. The molecule has 0 bridgehead atoms. The number of hydrogen-bond acceptors (Lipinski definition) is 6. The summed E-state index contributed by atoms with van der Waals surface area (Å²) < 4.78 is 0. The van der Waals surface area contributed by atoms with E-state index in [-0.39, 0.29) is 213 Å². The second-order valence-corrected chi connectivity index (χ2v) is 0. The molecule has 0 rings (SSSR count). The Morgan fingerprint density at radius 1 is 0.471 bits per heavy atom. The zero-order valence-corrected chi connectivity index (χ0v) is 25.7. The number of hydrogen-bond donors (Lipinski definition) is 0. The Hall–Kier alpha value is 3.47. The zero-order chi connectivity index (χ0) is 12.0. The molecule has 0 aromatic carbocycles. The maximum atomic E-state index is 6.25. The largest absolute Gasteiger partial charge is 2.00 e. The van der Waals surface area contributed by atoms with Gasteiger partial charge in [0.15, 0.2) is 0 Å². The fourth-order valence-electron chi connectivity index (χ4n) is 0. The molecule has 0 fully saturated rings. The Labute approximate surface area is 275 Å². The van der Waals surface area contributed by atoms with Crippen LogP contribution in [0.2, 0.25) is 0 Å². The molecule has 0 aliphatic carbocycles. The Morgan fingerprint density at radius 3 is 0.471 bits per heavy atom. The van der Waals surface area contributed by atoms with Gasteiger partial charge in [0, 0.05) is 0 Å². The topological polar surface area (TPSA) is 143 Å². The molecule has 11 heteroatoms. The third-order valence-electron chi connectivity index (χ3n) is 0. The van der Waals surface area contributed by atoms with Crippen LogP contribution in [0.25, 0.3) is 0 Å². The molecule has 1 radical (unpaired) electrons. The fraction of sp³-hybridized carbons (Fsp3) is 0. The molecule has 75 valence electrons. The summed E-state index contributed by atoms with van der Waals surface area (Å²) in [7, 11) is 0. The molecule has 0 saturated carbocycles. The van der Waals surface area contributed by atoms with Gasteiger partial charge in [0.25, 0.3) is 0 Å². The maximum Gasteiger partial charge on any atom is 2.00 e. The standard InChI is InChI=1S/6CN.Cs.Cu.Fe.K.Rb/c6*1-2;;;;;/q6*-1;+1;2*+2;2*+1. The van der Waals surface area contributed by atoms with Crippen molar-refractivity contribution in [2.45, 2.75) is 0 Å². The summed E-state index contributed by atoms with van der Waals surface area (Å²) in [4.78, 5) is 0. The van der Waals surface area contributed by atoms with Crippen LogP contribution in [0, 0.1) is 71.0 Å². The number of rotatable bonds is 0. The Morgan fingerprint density at radius 2 is 0.471 bits per heavy atom. The van der Waals surface area contributed by atoms with Crippen molar-refractivity contribution in [3.63, 3.8) is 0 Å². The first-order valence-corrected chi connectivity index (χ1v) is 1.34. The van der Waals surface area contributed by atoms with E-state index in [0.717, 1.165) is 0 Å². The molecule has 0 aliphatic rings. The van der Waals surface area contributed by atoms with Gasteiger partial charge in [0.1, 0.15) is 0 Å². The van der Waals surface area contributed by atoms with Crippen molar-refractivity contribution in [2.75, 3.05) is 0 Å². The average molecular weight is 533 g/mol. The van der Waals surface area contributed by atoms with Crippen molar-refractivity contribution in [1.82, 2.24) is 0 Å². The molecule has 0 amide bonds. The van der Waals surface area contributed by atoms with Crippen LogP contribution in [0.5, 0.6) is 0 Å². The minimum Gasteiger partial charge on any atom is -0.512 e. The molecule has 0 atom stereocenters. The van der Waals surface area contributed by atoms with Crippen LogP contribution in [0.3, 0.4) is 0 Å². The van der Waals surface area contributed by atoms with Gasteiger partial charge >= 0.3 is 213 Å². The molecule has 0 unspecified atom stereocenters. The first kappa shape index (κ1) is 86.5. The van der Waals surface area contributed by atoms with E-state index in [0.29, 0.717) is 0 Å². The van der Waals surface area contributed by atoms with Crippen molar-refractivity contribution in [3.05, 3.63) is 39.4 Å². The van der Waals surface area contributed by atoms with Crippen molar-refractivity contribution in [2.24, 2.45) is 0 Å². The maximum absolute atomic E-state index is 6.25. The molecule has 0 aliphatic heterocycles. The van der Waals surface area contributed by atoms with E-state index >= 15 is 0 Å². The van der Waals surface area contributed by atoms with Crippen molar-refractivity contribution < 1.29 is 213 Å². The molecule has 6 nitrogen and oxygen atoms in total. The molecule has 0 aromatic heterocycles. The van der Waals surface area contributed by atoms with Crippen LogP contribution < -0.4 is 178 Å². The van der Waals surface area contributed by atoms with Crippen LogP contribution in [0.1, 0.15) is 0 Å². The zero-order valence-electron chi connectivity index (χ0n) is 9.34. The van der Waals surface area contributed by atoms with E-state index in [4.69, 9.17) is 71.0 Å². The van der Waals surface area contributed by atoms with Crippen LogP contribution in [-0.4, -0.2) is 0 Å². The molecule has 0 saturated heterocycles. The van der Waals surface area contributed by atoms with Gasteiger partial charge in [-0.1, -0.05) is 0 Å². The average Bonchev–Trinajstić information content (AvgIpc) is 2.33. The first-order chi connectivity index (χ1) is 6.00. The molecular weight excluding hydrogens is 533 g/mol. The van der Waals surface area contributed by atoms with Crippen LogP contribution >= 0.6 is 0 Å². The summed E-state index contributed by atoms with van der Waals surface area (Å²) in [6, 6.07) is 0. The predicted molar refractivity (Wildman–Crippen MR) is 29.8 cm³/mol. The fourth-order valence-corrected chi connectivity index (χ4v) is 0. The van der Waals surface area contributed by atoms with Gasteiger partial charge < -0.3 is 71.0 Å². The predicted octanol–water partition coefficient (Wildman–Crippen LogP) is -8.41. The van der Waals surface area contributed by atoms with Gasteiger partial charge in [-0.3, -0.25) is 0 Å². The first-order valence-electron chi connectivity index (χ1n) is 1.34. The van der Waals surface area contributed by atoms with Crippen LogP contribution in [-0.2, 0) is 34.1 Å². The molecule has 0 spiro atoms. The van der Waals surface area contributed by atoms with Gasteiger partial charge in [0.2, 0.25) is 0 Å². The second kappa shape index (κ2) is 551. The minimum absolute atomic E-state index is 0. The SMILES string of the molecule is [C-]#N.[C-]#N.[C-]#N.[C-]#N.[C-]#N.[C-]#N.[Cs+].[Cu+2].[Fe+2].[K+].[Rb+]. The summed E-state index contributed by atoms with van der Waals surface area (Å²) in [6.45, 7) is 28.5. The second-order valence-electron chi connectivity index (χ2n) is 0. The Kier molecular flexibility index (Phi) is 2800. The van der Waals surface area contributed by atoms with Crippen molar-refractivity contribution in [3.8, 4) is 0 Å². The van der Waals surface area contributed by atoms with Crippen molar-refractivity contribution in [1.29, 1.82) is 31.6 Å². The number of nitrogens with zero attached hydrogens (tertiary/aromatic N) is 6. The smallest absolute Gasteiger partial charge is 0.512 e. The Bertz CT molecular complexity index is 114. The summed E-state index contributed by atoms with van der Waals surface area (Å²) in [6.07, 6.45) is 0. The molecular formula is C6CsCuFeKN6Rb+. The third-order valence-corrected chi connectivity index (χ3v) is 0. The molecule has 17 heavy (non-hydrogen) atoms. The van der Waals surface area contributed by atoms with Crippen LogP contribution in [0.4, 0.5) is 0 Å². The van der Waals surface area contributed by atoms with Gasteiger partial charge in [0.05, 0.1) is 0 Å². The van der Waals surface area contributed by atoms with E-state index in [1.54, 1.807) is 0 Å². The van der Waals surface area contributed by atoms with Gasteiger partial charge in [-0.2, -0.15) is 0 Å². The summed E-state index contributed by atoms with van der Waals surface area (Å²) in [5.41, 5.74) is 0. The third kappa shape index (κ3) is 493. The normalized spacial score (nSPS) is 0.706. The van der Waals surface area contributed by atoms with E-state index in [2.05, 4.69) is 0 Å². The van der Waals surface area contributed by atoms with E-state index in [9.17, 15) is 0 Å². The van der Waals surface area contributed by atoms with Crippen molar-refractivity contribution >= 4 is 0 Å². The minimum atomic E-state index is 0. The Balaban J connectivity index is -0.00000000267. The molecule has 0 heterocycles. The monoisotopic (exact) mass is 532 g/mol. The quantitative estimate of drug-likeness (QED) is 0.224. The van der Waals surface area contributed by atoms with Gasteiger partial charge in [-0.05, 0) is 0 Å². The van der Waals surface area contributed by atoms with Crippen LogP contribution in [0.15, 0.2) is 0 Å². The summed E-state index contributed by atoms with van der Waals surface area (Å²) in [5, 5.41) is 37.5. The van der Waals surface area contributed by atoms with Gasteiger partial charge in [-0.15, -0.1) is 0 Å². The van der Waals surface area contributed by atoms with E-state index in [1.165, 1.54) is 0 Å². The van der Waals surface area contributed by atoms with E-state index in [1.807, 2.05) is 0 Å². The molecule has 0 aromatic rings. The molecule has 0 N–H and O–H groups in total. The van der Waals surface area contributed by atoms with E-state index < -0.39 is 0 Å².